The average molecular weight is 218 g/mol. The molecule has 1 atom stereocenters. The lowest BCUT2D eigenvalue weighted by Crippen LogP contribution is -2.38. The topological polar surface area (TPSA) is 9.23 Å². The summed E-state index contributed by atoms with van der Waals surface area (Å²) in [6.45, 7) is 4.82. The van der Waals surface area contributed by atoms with Gasteiger partial charge in [0.15, 0.2) is 0 Å². The first-order valence-corrected chi connectivity index (χ1v) is 7.20. The first-order valence-electron chi connectivity index (χ1n) is 5.68. The van der Waals surface area contributed by atoms with E-state index in [1.54, 1.807) is 0 Å². The molecule has 0 bridgehead atoms. The van der Waals surface area contributed by atoms with Crippen LogP contribution >= 0.6 is 0 Å². The highest BCUT2D eigenvalue weighted by Gasteiger charge is 2.33. The van der Waals surface area contributed by atoms with E-state index in [-0.39, 0.29) is 14.7 Å². The van der Waals surface area contributed by atoms with Crippen LogP contribution in [0.5, 0.6) is 0 Å². The third-order valence-corrected chi connectivity index (χ3v) is 5.04. The summed E-state index contributed by atoms with van der Waals surface area (Å²) in [6, 6.07) is 10.7. The maximum absolute atomic E-state index is 6.08. The predicted octanol–water partition coefficient (Wildman–Crippen LogP) is 2.35. The zero-order chi connectivity index (χ0) is 10.6. The minimum Gasteiger partial charge on any atom is -0.374 e. The molecule has 2 rings (SSSR count). The van der Waals surface area contributed by atoms with Crippen molar-refractivity contribution in [3.63, 3.8) is 0 Å². The molecule has 1 nitrogen and oxygen atoms in total. The highest BCUT2D eigenvalue weighted by atomic mass is 28.2. The number of rotatable bonds is 3. The molecule has 1 aliphatic rings. The minimum atomic E-state index is -0.388. The fraction of sp³-hybridized carbons (Fsp3) is 0.385. The smallest absolute Gasteiger partial charge is 0.0884 e. The lowest BCUT2D eigenvalue weighted by Gasteiger charge is -2.37. The first-order chi connectivity index (χ1) is 7.37. The Balaban J connectivity index is 2.29. The number of ether oxygens (including phenoxy) is 1. The standard InChI is InChI=1S/C13H18OSi/c1-2-15-13(10-6-7-11-14-13)12-8-4-3-5-9-12/h2-5,8-9H,1,6-7,10-11,15H2. The zero-order valence-electron chi connectivity index (χ0n) is 9.11. The summed E-state index contributed by atoms with van der Waals surface area (Å²) in [5, 5.41) is 0.0429. The maximum atomic E-state index is 6.08. The maximum Gasteiger partial charge on any atom is 0.0884 e. The summed E-state index contributed by atoms with van der Waals surface area (Å²) in [5.74, 6) is 0. The Bertz CT molecular complexity index is 315. The van der Waals surface area contributed by atoms with Gasteiger partial charge in [0.2, 0.25) is 0 Å². The van der Waals surface area contributed by atoms with Crippen LogP contribution < -0.4 is 0 Å². The van der Waals surface area contributed by atoms with Gasteiger partial charge in [-0.2, -0.15) is 0 Å². The highest BCUT2D eigenvalue weighted by molar-refractivity contribution is 6.45. The van der Waals surface area contributed by atoms with Crippen molar-refractivity contribution in [3.8, 4) is 0 Å². The van der Waals surface area contributed by atoms with Crippen molar-refractivity contribution in [2.24, 2.45) is 0 Å². The molecule has 1 unspecified atom stereocenters. The first kappa shape index (κ1) is 10.6. The molecule has 1 fully saturated rings. The van der Waals surface area contributed by atoms with Gasteiger partial charge in [0.1, 0.15) is 0 Å². The molecule has 1 aromatic carbocycles. The van der Waals surface area contributed by atoms with Crippen molar-refractivity contribution >= 4 is 9.52 Å². The van der Waals surface area contributed by atoms with Crippen molar-refractivity contribution in [1.29, 1.82) is 0 Å². The van der Waals surface area contributed by atoms with Crippen LogP contribution in [0.3, 0.4) is 0 Å². The monoisotopic (exact) mass is 218 g/mol. The molecule has 15 heavy (non-hydrogen) atoms. The summed E-state index contributed by atoms with van der Waals surface area (Å²) >= 11 is 0. The van der Waals surface area contributed by atoms with Crippen molar-refractivity contribution in [2.45, 2.75) is 24.5 Å². The Morgan fingerprint density at radius 3 is 2.67 bits per heavy atom. The fourth-order valence-electron chi connectivity index (χ4n) is 2.33. The van der Waals surface area contributed by atoms with Crippen LogP contribution in [0.15, 0.2) is 42.6 Å². The number of hydrogen-bond acceptors (Lipinski definition) is 1. The lowest BCUT2D eigenvalue weighted by atomic mass is 10.0. The predicted molar refractivity (Wildman–Crippen MR) is 66.7 cm³/mol. The summed E-state index contributed by atoms with van der Waals surface area (Å²) in [5.41, 5.74) is 3.47. The second-order valence-electron chi connectivity index (χ2n) is 4.16. The third kappa shape index (κ3) is 2.21. The van der Waals surface area contributed by atoms with Crippen LogP contribution in [0, 0.1) is 0 Å². The van der Waals surface area contributed by atoms with E-state index in [0.29, 0.717) is 0 Å². The highest BCUT2D eigenvalue weighted by Crippen LogP contribution is 2.34. The van der Waals surface area contributed by atoms with Gasteiger partial charge in [-0.3, -0.25) is 0 Å². The van der Waals surface area contributed by atoms with Gasteiger partial charge in [0.05, 0.1) is 14.7 Å². The molecule has 1 heterocycles. The zero-order valence-corrected chi connectivity index (χ0v) is 10.5. The van der Waals surface area contributed by atoms with E-state index in [9.17, 15) is 0 Å². The van der Waals surface area contributed by atoms with Gasteiger partial charge in [-0.05, 0) is 24.8 Å². The lowest BCUT2D eigenvalue weighted by molar-refractivity contribution is -0.0229. The number of hydrogen-bond donors (Lipinski definition) is 0. The third-order valence-electron chi connectivity index (χ3n) is 3.13. The number of benzene rings is 1. The average Bonchev–Trinajstić information content (AvgIpc) is 2.32. The molecule has 2 heteroatoms. The Kier molecular flexibility index (Phi) is 3.39. The Morgan fingerprint density at radius 2 is 2.07 bits per heavy atom. The van der Waals surface area contributed by atoms with Gasteiger partial charge < -0.3 is 4.74 Å². The van der Waals surface area contributed by atoms with Crippen molar-refractivity contribution in [2.75, 3.05) is 6.61 Å². The molecule has 0 aliphatic carbocycles. The molecule has 1 saturated heterocycles. The molecule has 1 aliphatic heterocycles. The van der Waals surface area contributed by atoms with E-state index in [0.717, 1.165) is 6.61 Å². The summed E-state index contributed by atoms with van der Waals surface area (Å²) in [4.78, 5) is 0. The van der Waals surface area contributed by atoms with Gasteiger partial charge in [-0.25, -0.2) is 0 Å². The van der Waals surface area contributed by atoms with Gasteiger partial charge in [0.25, 0.3) is 0 Å². The molecule has 0 amide bonds. The van der Waals surface area contributed by atoms with Gasteiger partial charge in [-0.1, -0.05) is 30.3 Å². The van der Waals surface area contributed by atoms with E-state index in [4.69, 9.17) is 4.74 Å². The second-order valence-corrected chi connectivity index (χ2v) is 6.29. The van der Waals surface area contributed by atoms with Gasteiger partial charge in [-0.15, -0.1) is 12.3 Å². The quantitative estimate of drug-likeness (QED) is 0.708. The Morgan fingerprint density at radius 1 is 1.27 bits per heavy atom. The van der Waals surface area contributed by atoms with E-state index < -0.39 is 0 Å². The van der Waals surface area contributed by atoms with Crippen LogP contribution in [0.25, 0.3) is 0 Å². The molecular formula is C13H18OSi. The van der Waals surface area contributed by atoms with Crippen molar-refractivity contribution < 1.29 is 4.74 Å². The van der Waals surface area contributed by atoms with Gasteiger partial charge >= 0.3 is 0 Å². The van der Waals surface area contributed by atoms with E-state index >= 15 is 0 Å². The summed E-state index contributed by atoms with van der Waals surface area (Å²) < 4.78 is 6.08. The summed E-state index contributed by atoms with van der Waals surface area (Å²) in [7, 11) is -0.388. The SMILES string of the molecule is C=C[SiH2]C1(c2ccccc2)CCCCO1. The van der Waals surface area contributed by atoms with Crippen molar-refractivity contribution in [1.82, 2.24) is 0 Å². The molecule has 0 spiro atoms. The Labute approximate surface area is 94.0 Å². The Hall–Kier alpha value is -0.863. The molecule has 0 radical (unpaired) electrons. The van der Waals surface area contributed by atoms with Crippen LogP contribution in [-0.4, -0.2) is 16.1 Å². The molecule has 1 aromatic rings. The van der Waals surface area contributed by atoms with Crippen molar-refractivity contribution in [3.05, 3.63) is 48.2 Å². The van der Waals surface area contributed by atoms with Crippen LogP contribution in [-0.2, 0) is 9.96 Å². The van der Waals surface area contributed by atoms with E-state index in [2.05, 4.69) is 42.6 Å². The van der Waals surface area contributed by atoms with Gasteiger partial charge in [0, 0.05) is 6.61 Å². The van der Waals surface area contributed by atoms with E-state index in [1.165, 1.54) is 24.8 Å². The molecule has 0 saturated carbocycles. The molecule has 80 valence electrons. The largest absolute Gasteiger partial charge is 0.374 e. The van der Waals surface area contributed by atoms with Crippen LogP contribution in [0.2, 0.25) is 0 Å². The molecule has 0 aromatic heterocycles. The van der Waals surface area contributed by atoms with Crippen LogP contribution in [0.4, 0.5) is 0 Å². The van der Waals surface area contributed by atoms with Crippen LogP contribution in [0.1, 0.15) is 24.8 Å². The minimum absolute atomic E-state index is 0.0429. The normalized spacial score (nSPS) is 26.9. The fourth-order valence-corrected chi connectivity index (χ4v) is 3.99. The second kappa shape index (κ2) is 4.77. The molecule has 0 N–H and O–H groups in total. The molecular weight excluding hydrogens is 200 g/mol. The van der Waals surface area contributed by atoms with E-state index in [1.807, 2.05) is 0 Å². The summed E-state index contributed by atoms with van der Waals surface area (Å²) in [6.07, 6.45) is 3.67.